The zero-order valence-electron chi connectivity index (χ0n) is 71.8. The second kappa shape index (κ2) is 37.5. The number of piperidine rings is 4. The molecule has 6 aliphatic heterocycles. The van der Waals surface area contributed by atoms with Gasteiger partial charge in [-0.2, -0.15) is 0 Å². The minimum atomic E-state index is -0.772. The number of amides is 4. The van der Waals surface area contributed by atoms with E-state index in [-0.39, 0.29) is 159 Å². The SMILES string of the molecule is CC1(C)CCN(C[C@@H](N=C=O)C(C)(C)C)C(=O)C1.C[C@@H]1OCCCCCCC[C@@H](C(=O)C(=O)CC2CC2)CC(=O)[C@@H]2[C@@H]3[C@H](CN2C(=O)[C@H]1CC(=O)C[C@H](CN1CCC(C)(C)CC1=O)C(C)(C)C)C3(C)C.C[C@@H]1OCCCCCCC[C@@H](C(=O)C(=O)CC2CC2)CC(=O)[C@@H]2[C@@H]3[C@H](CN2C(=O)[C@H]1CC(=O)OC(C)(C)C)C3(C)C. The van der Waals surface area contributed by atoms with E-state index in [9.17, 15) is 62.3 Å². The first-order valence-electron chi connectivity index (χ1n) is 43.1. The standard InChI is InChI=1S/C43H68N2O7.C33H51NO7.C14H24N2O2/c1-27-32(23-31(46)22-30(41(2,3)4)25-44-18-17-42(5,6)24-36(44)49)40(51)45-26-33-37(43(33,7)8)38(45)34(47)21-29(14-12-10-9-11-13-19-52-27)39(50)35(48)20-28-15-16-28;1-20-23(18-27(37)41-32(2,3)4)31(39)34-19-24-28(33(24,5)6)29(34)25(35)17-22(12-10-8-7-9-11-15-40-20)30(38)26(36)16-21-13-14-21;1-13(2,3)11(15-10-17)9-16-7-6-14(4,5)8-12(16)18/h27-30,32-33,37-38H,9-26H2,1-8H3;20-24,28-29H,7-19H2,1-6H3;11H,6-9H2,1-5H3/t27-,29+,30+,32-,33-,37-,38+;20-,22+,23-,24-,28-,29+;11-/m001/s1. The Morgan fingerprint density at radius 1 is 0.523 bits per heavy atom. The summed E-state index contributed by atoms with van der Waals surface area (Å²) < 4.78 is 18.0. The molecule has 111 heavy (non-hydrogen) atoms. The summed E-state index contributed by atoms with van der Waals surface area (Å²) in [5, 5.41) is 0. The molecule has 4 aliphatic carbocycles. The number of ketones is 7. The highest BCUT2D eigenvalue weighted by molar-refractivity contribution is 6.39. The van der Waals surface area contributed by atoms with Gasteiger partial charge in [0.2, 0.25) is 41.3 Å². The van der Waals surface area contributed by atoms with Gasteiger partial charge < -0.3 is 33.8 Å². The summed E-state index contributed by atoms with van der Waals surface area (Å²) in [6.45, 7) is 42.9. The molecule has 0 aromatic rings. The monoisotopic (exact) mass is 1550 g/mol. The topological polar surface area (TPSA) is 275 Å². The van der Waals surface area contributed by atoms with Crippen molar-refractivity contribution in [2.75, 3.05) is 52.5 Å². The molecule has 0 aromatic heterocycles. The van der Waals surface area contributed by atoms with Crippen LogP contribution in [0, 0.1) is 97.6 Å². The molecular weight excluding hydrogens is 1410 g/mol. The van der Waals surface area contributed by atoms with Gasteiger partial charge >= 0.3 is 5.97 Å². The van der Waals surface area contributed by atoms with Gasteiger partial charge in [-0.05, 0) is 173 Å². The van der Waals surface area contributed by atoms with Crippen molar-refractivity contribution in [1.29, 1.82) is 0 Å². The molecule has 0 spiro atoms. The van der Waals surface area contributed by atoms with Gasteiger partial charge in [-0.1, -0.05) is 148 Å². The van der Waals surface area contributed by atoms with Gasteiger partial charge in [0, 0.05) is 116 Å². The van der Waals surface area contributed by atoms with Crippen LogP contribution in [-0.2, 0) is 76.5 Å². The van der Waals surface area contributed by atoms with Crippen molar-refractivity contribution in [1.82, 2.24) is 19.6 Å². The zero-order valence-corrected chi connectivity index (χ0v) is 71.8. The minimum absolute atomic E-state index is 0.00816. The van der Waals surface area contributed by atoms with Crippen molar-refractivity contribution < 1.29 is 76.5 Å². The Kier molecular flexibility index (Phi) is 30.7. The van der Waals surface area contributed by atoms with Crippen molar-refractivity contribution in [3.63, 3.8) is 0 Å². The second-order valence-electron chi connectivity index (χ2n) is 41.6. The normalized spacial score (nSPS) is 30.8. The summed E-state index contributed by atoms with van der Waals surface area (Å²) in [6, 6.07) is -1.51. The van der Waals surface area contributed by atoms with Gasteiger partial charge in [-0.25, -0.2) is 9.79 Å². The zero-order chi connectivity index (χ0) is 82.3. The molecule has 0 N–H and O–H groups in total. The van der Waals surface area contributed by atoms with Crippen molar-refractivity contribution in [3.05, 3.63) is 0 Å². The lowest BCUT2D eigenvalue weighted by Gasteiger charge is -2.41. The molecule has 10 rings (SSSR count). The van der Waals surface area contributed by atoms with Crippen LogP contribution in [0.15, 0.2) is 4.99 Å². The number of esters is 1. The number of likely N-dealkylation sites (tertiary alicyclic amines) is 2. The molecule has 0 bridgehead atoms. The Bertz CT molecular complexity index is 3410. The van der Waals surface area contributed by atoms with Gasteiger partial charge in [0.15, 0.2) is 23.1 Å². The first-order valence-corrected chi connectivity index (χ1v) is 43.1. The van der Waals surface area contributed by atoms with E-state index in [4.69, 9.17) is 14.2 Å². The number of rotatable bonds is 19. The molecule has 14 atom stereocenters. The van der Waals surface area contributed by atoms with Crippen molar-refractivity contribution in [2.24, 2.45) is 103 Å². The van der Waals surface area contributed by atoms with Crippen LogP contribution in [0.2, 0.25) is 0 Å². The van der Waals surface area contributed by atoms with E-state index >= 15 is 0 Å². The molecule has 6 heterocycles. The number of nitrogens with zero attached hydrogens (tertiary/aromatic N) is 5. The van der Waals surface area contributed by atoms with Crippen molar-refractivity contribution in [3.8, 4) is 0 Å². The molecule has 0 unspecified atom stereocenters. The van der Waals surface area contributed by atoms with Gasteiger partial charge in [0.25, 0.3) is 0 Å². The fourth-order valence-corrected chi connectivity index (χ4v) is 18.7. The van der Waals surface area contributed by atoms with Gasteiger partial charge in [-0.15, -0.1) is 0 Å². The van der Waals surface area contributed by atoms with E-state index in [1.54, 1.807) is 36.7 Å². The summed E-state index contributed by atoms with van der Waals surface area (Å²) in [5.41, 5.74) is -1.16. The van der Waals surface area contributed by atoms with E-state index in [0.717, 1.165) is 109 Å². The lowest BCUT2D eigenvalue weighted by Crippen LogP contribution is -2.51. The van der Waals surface area contributed by atoms with Gasteiger partial charge in [-0.3, -0.25) is 57.5 Å². The molecule has 0 aromatic carbocycles. The first kappa shape index (κ1) is 90.9. The molecule has 4 saturated carbocycles. The summed E-state index contributed by atoms with van der Waals surface area (Å²) in [6.07, 6.45) is 18.2. The van der Waals surface area contributed by atoms with Crippen LogP contribution in [0.4, 0.5) is 0 Å². The highest BCUT2D eigenvalue weighted by Gasteiger charge is 2.71. The summed E-state index contributed by atoms with van der Waals surface area (Å²) in [4.78, 5) is 184. The third-order valence-electron chi connectivity index (χ3n) is 27.2. The Balaban J connectivity index is 0.000000232. The van der Waals surface area contributed by atoms with Crippen molar-refractivity contribution in [2.45, 2.75) is 341 Å². The highest BCUT2D eigenvalue weighted by atomic mass is 16.6. The fraction of sp³-hybridized carbons (Fsp3) is 0.856. The molecule has 10 aliphatic rings. The maximum atomic E-state index is 14.7. The highest BCUT2D eigenvalue weighted by Crippen LogP contribution is 2.66. The Morgan fingerprint density at radius 3 is 1.30 bits per heavy atom. The molecule has 10 fully saturated rings. The quantitative estimate of drug-likeness (QED) is 0.0503. The van der Waals surface area contributed by atoms with E-state index in [0.29, 0.717) is 89.9 Å². The number of hydrogen-bond acceptors (Lipinski definition) is 17. The van der Waals surface area contributed by atoms with Crippen LogP contribution >= 0.6 is 0 Å². The van der Waals surface area contributed by atoms with E-state index in [1.807, 2.05) is 44.4 Å². The molecule has 4 amide bonds. The molecule has 21 nitrogen and oxygen atoms in total. The lowest BCUT2D eigenvalue weighted by molar-refractivity contribution is -0.162. The Morgan fingerprint density at radius 2 is 0.919 bits per heavy atom. The van der Waals surface area contributed by atoms with E-state index < -0.39 is 71.1 Å². The smallest absolute Gasteiger partial charge is 0.307 e. The average molecular weight is 1550 g/mol. The second-order valence-corrected chi connectivity index (χ2v) is 41.6. The summed E-state index contributed by atoms with van der Waals surface area (Å²) in [7, 11) is 0. The van der Waals surface area contributed by atoms with E-state index in [2.05, 4.69) is 81.2 Å². The number of ether oxygens (including phenoxy) is 3. The number of aliphatic imine (C=N–C) groups is 1. The van der Waals surface area contributed by atoms with Crippen LogP contribution in [0.25, 0.3) is 0 Å². The predicted molar refractivity (Wildman–Crippen MR) is 425 cm³/mol. The van der Waals surface area contributed by atoms with Crippen LogP contribution in [0.5, 0.6) is 0 Å². The van der Waals surface area contributed by atoms with Gasteiger partial charge in [0.1, 0.15) is 11.4 Å². The fourth-order valence-electron chi connectivity index (χ4n) is 18.7. The number of isocyanates is 1. The molecular formula is C90H143N5O16. The summed E-state index contributed by atoms with van der Waals surface area (Å²) in [5.74, 6) is -4.31. The van der Waals surface area contributed by atoms with Gasteiger partial charge in [0.05, 0.1) is 48.6 Å². The summed E-state index contributed by atoms with van der Waals surface area (Å²) >= 11 is 0. The lowest BCUT2D eigenvalue weighted by atomic mass is 9.75. The Hall–Kier alpha value is -5.66. The minimum Gasteiger partial charge on any atom is -0.460 e. The average Bonchev–Trinajstić information content (AvgIpc) is 1.53. The maximum absolute atomic E-state index is 14.7. The van der Waals surface area contributed by atoms with Crippen LogP contribution < -0.4 is 0 Å². The van der Waals surface area contributed by atoms with Crippen LogP contribution in [-0.4, -0.2) is 184 Å². The number of Topliss-reactive ketones (excluding diaryl/α,β-unsaturated/α-hetero) is 7. The third kappa shape index (κ3) is 25.2. The first-order chi connectivity index (χ1) is 51.7. The largest absolute Gasteiger partial charge is 0.460 e. The van der Waals surface area contributed by atoms with Crippen LogP contribution in [0.3, 0.4) is 0 Å². The van der Waals surface area contributed by atoms with E-state index in [1.165, 1.54) is 0 Å². The maximum Gasteiger partial charge on any atom is 0.307 e. The number of fused-ring (bicyclic) bond motifs is 6. The molecule has 6 saturated heterocycles. The Labute approximate surface area is 665 Å². The molecule has 624 valence electrons. The molecule has 21 heteroatoms. The number of carbonyl (C=O) groups is 12. The number of hydrogen-bond donors (Lipinski definition) is 0. The molecule has 0 radical (unpaired) electrons. The third-order valence-corrected chi connectivity index (χ3v) is 27.2. The van der Waals surface area contributed by atoms with Crippen LogP contribution in [0.1, 0.15) is 305 Å². The van der Waals surface area contributed by atoms with Crippen molar-refractivity contribution >= 4 is 76.2 Å². The predicted octanol–water partition coefficient (Wildman–Crippen LogP) is 14.5. The number of carbonyl (C=O) groups excluding carboxylic acids is 13.